The molecule has 0 fully saturated rings. The summed E-state index contributed by atoms with van der Waals surface area (Å²) in [6.07, 6.45) is 0. The van der Waals surface area contributed by atoms with Crippen LogP contribution in [0.15, 0.2) is 40.5 Å². The SMILES string of the molecule is O=C(NCCI)c1c(=O)c2ccsc2n2c1sc1ccccc12. The molecule has 0 aliphatic carbocycles. The lowest BCUT2D eigenvalue weighted by atomic mass is 10.2. The van der Waals surface area contributed by atoms with Gasteiger partial charge in [0.15, 0.2) is 0 Å². The molecule has 7 heteroatoms. The maximum atomic E-state index is 12.8. The molecule has 1 amide bonds. The van der Waals surface area contributed by atoms with Gasteiger partial charge in [-0.15, -0.1) is 22.7 Å². The van der Waals surface area contributed by atoms with Gasteiger partial charge < -0.3 is 5.32 Å². The van der Waals surface area contributed by atoms with Crippen molar-refractivity contribution in [3.63, 3.8) is 0 Å². The summed E-state index contributed by atoms with van der Waals surface area (Å²) in [5, 5.41) is 5.34. The molecule has 0 atom stereocenters. The number of hydrogen-bond donors (Lipinski definition) is 1. The number of pyridine rings is 1. The zero-order valence-corrected chi connectivity index (χ0v) is 15.6. The maximum Gasteiger partial charge on any atom is 0.258 e. The highest BCUT2D eigenvalue weighted by Gasteiger charge is 2.21. The van der Waals surface area contributed by atoms with E-state index >= 15 is 0 Å². The Labute approximate surface area is 152 Å². The van der Waals surface area contributed by atoms with E-state index in [0.29, 0.717) is 11.9 Å². The molecule has 0 spiro atoms. The molecule has 3 heterocycles. The second kappa shape index (κ2) is 5.88. The predicted molar refractivity (Wildman–Crippen MR) is 106 cm³/mol. The van der Waals surface area contributed by atoms with Gasteiger partial charge in [0.05, 0.1) is 15.6 Å². The zero-order valence-electron chi connectivity index (χ0n) is 11.8. The molecule has 0 saturated heterocycles. The minimum absolute atomic E-state index is 0.182. The van der Waals surface area contributed by atoms with Crippen LogP contribution in [-0.4, -0.2) is 21.3 Å². The first-order valence-corrected chi connectivity index (χ1v) is 10.2. The molecule has 0 saturated carbocycles. The van der Waals surface area contributed by atoms with Gasteiger partial charge in [0.1, 0.15) is 15.2 Å². The van der Waals surface area contributed by atoms with Gasteiger partial charge in [-0.2, -0.15) is 0 Å². The number of amides is 1. The third kappa shape index (κ3) is 2.29. The molecule has 0 radical (unpaired) electrons. The molecular weight excluding hydrogens is 443 g/mol. The number of benzene rings is 1. The van der Waals surface area contributed by atoms with E-state index in [1.807, 2.05) is 34.0 Å². The normalized spacial score (nSPS) is 11.5. The van der Waals surface area contributed by atoms with Crippen molar-refractivity contribution in [1.29, 1.82) is 0 Å². The molecule has 0 aliphatic rings. The smallest absolute Gasteiger partial charge is 0.258 e. The average molecular weight is 454 g/mol. The lowest BCUT2D eigenvalue weighted by molar-refractivity contribution is 0.0957. The minimum atomic E-state index is -0.288. The second-order valence-corrected chi connectivity index (χ2v) is 8.00. The number of carbonyl (C=O) groups excluding carboxylic acids is 1. The third-order valence-corrected chi connectivity index (χ3v) is 6.24. The predicted octanol–water partition coefficient (Wildman–Crippen LogP) is 3.89. The molecule has 4 nitrogen and oxygen atoms in total. The van der Waals surface area contributed by atoms with Crippen LogP contribution in [0.3, 0.4) is 0 Å². The molecule has 1 N–H and O–H groups in total. The quantitative estimate of drug-likeness (QED) is 0.377. The van der Waals surface area contributed by atoms with Gasteiger partial charge in [-0.25, -0.2) is 0 Å². The number of halogens is 1. The topological polar surface area (TPSA) is 50.6 Å². The summed E-state index contributed by atoms with van der Waals surface area (Å²) < 4.78 is 3.91. The molecule has 4 aromatic rings. The van der Waals surface area contributed by atoms with E-state index in [0.717, 1.165) is 24.3 Å². The van der Waals surface area contributed by atoms with E-state index in [4.69, 9.17) is 0 Å². The van der Waals surface area contributed by atoms with Gasteiger partial charge in [-0.3, -0.25) is 14.0 Å². The summed E-state index contributed by atoms with van der Waals surface area (Å²) in [7, 11) is 0. The van der Waals surface area contributed by atoms with E-state index < -0.39 is 0 Å². The highest BCUT2D eigenvalue weighted by atomic mass is 127. The number of carbonyl (C=O) groups is 1. The van der Waals surface area contributed by atoms with Crippen molar-refractivity contribution >= 4 is 76.4 Å². The zero-order chi connectivity index (χ0) is 16.0. The minimum Gasteiger partial charge on any atom is -0.351 e. The fraction of sp³-hybridized carbons (Fsp3) is 0.125. The Morgan fingerprint density at radius 3 is 2.87 bits per heavy atom. The number of thiazole rings is 1. The summed E-state index contributed by atoms with van der Waals surface area (Å²) in [5.74, 6) is -0.288. The number of fused-ring (bicyclic) bond motifs is 5. The largest absolute Gasteiger partial charge is 0.351 e. The molecule has 23 heavy (non-hydrogen) atoms. The van der Waals surface area contributed by atoms with Crippen molar-refractivity contribution in [1.82, 2.24) is 9.72 Å². The lowest BCUT2D eigenvalue weighted by Gasteiger charge is -2.06. The number of alkyl halides is 1. The van der Waals surface area contributed by atoms with E-state index in [1.54, 1.807) is 6.07 Å². The molecule has 0 bridgehead atoms. The fourth-order valence-corrected chi connectivity index (χ4v) is 5.11. The van der Waals surface area contributed by atoms with Crippen molar-refractivity contribution in [2.45, 2.75) is 0 Å². The Morgan fingerprint density at radius 2 is 2.04 bits per heavy atom. The van der Waals surface area contributed by atoms with Crippen molar-refractivity contribution in [2.24, 2.45) is 0 Å². The van der Waals surface area contributed by atoms with E-state index in [-0.39, 0.29) is 16.9 Å². The number of rotatable bonds is 3. The molecular formula is C16H11IN2O2S2. The summed E-state index contributed by atoms with van der Waals surface area (Å²) in [6.45, 7) is 0.553. The van der Waals surface area contributed by atoms with Crippen LogP contribution < -0.4 is 10.7 Å². The molecule has 1 aromatic carbocycles. The van der Waals surface area contributed by atoms with Crippen LogP contribution in [0.4, 0.5) is 0 Å². The fourth-order valence-electron chi connectivity index (χ4n) is 2.68. The average Bonchev–Trinajstić information content (AvgIpc) is 3.16. The number of para-hydroxylation sites is 1. The van der Waals surface area contributed by atoms with Crippen molar-refractivity contribution in [3.05, 3.63) is 51.5 Å². The van der Waals surface area contributed by atoms with Gasteiger partial charge in [-0.05, 0) is 23.6 Å². The summed E-state index contributed by atoms with van der Waals surface area (Å²) in [5.41, 5.74) is 1.10. The lowest BCUT2D eigenvalue weighted by Crippen LogP contribution is -2.30. The summed E-state index contributed by atoms with van der Waals surface area (Å²) in [4.78, 5) is 27.0. The third-order valence-electron chi connectivity index (χ3n) is 3.66. The number of hydrogen-bond acceptors (Lipinski definition) is 4. The molecule has 116 valence electrons. The highest BCUT2D eigenvalue weighted by Crippen LogP contribution is 2.32. The van der Waals surface area contributed by atoms with Crippen molar-refractivity contribution in [3.8, 4) is 0 Å². The molecule has 3 aromatic heterocycles. The number of thiophene rings is 1. The number of aromatic nitrogens is 1. The van der Waals surface area contributed by atoms with Gasteiger partial charge in [0, 0.05) is 11.0 Å². The van der Waals surface area contributed by atoms with Gasteiger partial charge >= 0.3 is 0 Å². The Kier molecular flexibility index (Phi) is 3.86. The van der Waals surface area contributed by atoms with Gasteiger partial charge in [-0.1, -0.05) is 34.7 Å². The second-order valence-electron chi connectivity index (χ2n) is 5.00. The number of nitrogens with one attached hydrogen (secondary N) is 1. The van der Waals surface area contributed by atoms with E-state index in [1.165, 1.54) is 22.7 Å². The van der Waals surface area contributed by atoms with Crippen LogP contribution in [0.5, 0.6) is 0 Å². The first kappa shape index (κ1) is 15.1. The molecule has 0 unspecified atom stereocenters. The Balaban J connectivity index is 2.17. The van der Waals surface area contributed by atoms with Crippen LogP contribution in [0.25, 0.3) is 25.3 Å². The number of nitrogens with zero attached hydrogens (tertiary/aromatic N) is 1. The van der Waals surface area contributed by atoms with Crippen LogP contribution in [-0.2, 0) is 0 Å². The summed E-state index contributed by atoms with van der Waals surface area (Å²) in [6, 6.07) is 9.79. The Morgan fingerprint density at radius 1 is 1.22 bits per heavy atom. The maximum absolute atomic E-state index is 12.8. The van der Waals surface area contributed by atoms with Gasteiger partial charge in [0.25, 0.3) is 5.91 Å². The van der Waals surface area contributed by atoms with Crippen LogP contribution in [0, 0.1) is 0 Å². The van der Waals surface area contributed by atoms with Crippen LogP contribution >= 0.6 is 45.3 Å². The molecule has 4 rings (SSSR count). The van der Waals surface area contributed by atoms with Crippen molar-refractivity contribution < 1.29 is 4.79 Å². The first-order valence-electron chi connectivity index (χ1n) is 7.00. The molecule has 0 aliphatic heterocycles. The van der Waals surface area contributed by atoms with E-state index in [9.17, 15) is 9.59 Å². The van der Waals surface area contributed by atoms with Gasteiger partial charge in [0.2, 0.25) is 5.43 Å². The van der Waals surface area contributed by atoms with Crippen LogP contribution in [0.1, 0.15) is 10.4 Å². The first-order chi connectivity index (χ1) is 11.2. The Bertz CT molecular complexity index is 1110. The highest BCUT2D eigenvalue weighted by molar-refractivity contribution is 14.1. The van der Waals surface area contributed by atoms with Crippen LogP contribution in [0.2, 0.25) is 0 Å². The van der Waals surface area contributed by atoms with Crippen molar-refractivity contribution in [2.75, 3.05) is 11.0 Å². The van der Waals surface area contributed by atoms with E-state index in [2.05, 4.69) is 27.9 Å². The summed E-state index contributed by atoms with van der Waals surface area (Å²) >= 11 is 5.21. The standard InChI is InChI=1S/C16H11IN2O2S2/c17-6-7-18-14(21)12-13(20)9-5-8-22-15(9)19-10-3-1-2-4-11(10)23-16(12)19/h1-5,8H,6-7H2,(H,18,21). The monoisotopic (exact) mass is 454 g/mol. The Hall–Kier alpha value is -1.45.